The maximum Gasteiger partial charge on any atom is 0.235 e. The van der Waals surface area contributed by atoms with Crippen LogP contribution in [0.1, 0.15) is 5.82 Å². The fourth-order valence-corrected chi connectivity index (χ4v) is 1.49. The van der Waals surface area contributed by atoms with Gasteiger partial charge >= 0.3 is 0 Å². The highest BCUT2D eigenvalue weighted by Gasteiger charge is 2.07. The third kappa shape index (κ3) is 2.82. The first-order valence-electron chi connectivity index (χ1n) is 5.08. The highest BCUT2D eigenvalue weighted by Crippen LogP contribution is 2.07. The summed E-state index contributed by atoms with van der Waals surface area (Å²) in [6.07, 6.45) is 1.45. The monoisotopic (exact) mass is 250 g/mol. The highest BCUT2D eigenvalue weighted by atomic mass is 35.5. The predicted octanol–water partition coefficient (Wildman–Crippen LogP) is 1.12. The van der Waals surface area contributed by atoms with Gasteiger partial charge < -0.3 is 5.32 Å². The summed E-state index contributed by atoms with van der Waals surface area (Å²) < 4.78 is 1.68. The van der Waals surface area contributed by atoms with Crippen molar-refractivity contribution in [3.05, 3.63) is 42.5 Å². The molecule has 1 amide bonds. The van der Waals surface area contributed by atoms with Crippen LogP contribution < -0.4 is 5.32 Å². The van der Waals surface area contributed by atoms with E-state index in [-0.39, 0.29) is 11.8 Å². The molecule has 2 rings (SSSR count). The number of nitrogens with one attached hydrogen (secondary N) is 1. The molecule has 6 heteroatoms. The Bertz CT molecular complexity index is 497. The summed E-state index contributed by atoms with van der Waals surface area (Å²) in [6.45, 7) is 0.306. The second-order valence-electron chi connectivity index (χ2n) is 3.33. The van der Waals surface area contributed by atoms with E-state index in [4.69, 9.17) is 11.6 Å². The zero-order chi connectivity index (χ0) is 12.1. The number of nitrogens with zero attached hydrogens (tertiary/aromatic N) is 3. The lowest BCUT2D eigenvalue weighted by molar-refractivity contribution is -0.118. The molecule has 17 heavy (non-hydrogen) atoms. The molecule has 1 heterocycles. The topological polar surface area (TPSA) is 59.8 Å². The Balaban J connectivity index is 2.15. The van der Waals surface area contributed by atoms with Gasteiger partial charge in [0.1, 0.15) is 12.2 Å². The summed E-state index contributed by atoms with van der Waals surface area (Å²) in [4.78, 5) is 15.1. The van der Waals surface area contributed by atoms with Gasteiger partial charge in [0.15, 0.2) is 5.82 Å². The lowest BCUT2D eigenvalue weighted by Crippen LogP contribution is -2.25. The standard InChI is InChI=1S/C11H11ClN4O/c12-6-11(17)13-7-10-14-8-15-16(10)9-4-2-1-3-5-9/h1-5,8H,6-7H2,(H,13,17). The van der Waals surface area contributed by atoms with E-state index >= 15 is 0 Å². The Morgan fingerprint density at radius 1 is 1.35 bits per heavy atom. The number of hydrogen-bond acceptors (Lipinski definition) is 3. The molecule has 0 aliphatic rings. The Morgan fingerprint density at radius 2 is 2.12 bits per heavy atom. The van der Waals surface area contributed by atoms with Gasteiger partial charge in [0.25, 0.3) is 0 Å². The van der Waals surface area contributed by atoms with Gasteiger partial charge in [-0.05, 0) is 12.1 Å². The van der Waals surface area contributed by atoms with E-state index in [9.17, 15) is 4.79 Å². The van der Waals surface area contributed by atoms with Crippen LogP contribution in [0.3, 0.4) is 0 Å². The second-order valence-corrected chi connectivity index (χ2v) is 3.60. The summed E-state index contributed by atoms with van der Waals surface area (Å²) in [5.41, 5.74) is 0.903. The van der Waals surface area contributed by atoms with Gasteiger partial charge in [-0.2, -0.15) is 5.10 Å². The van der Waals surface area contributed by atoms with E-state index in [2.05, 4.69) is 15.4 Å². The first-order valence-corrected chi connectivity index (χ1v) is 5.61. The number of carbonyl (C=O) groups is 1. The van der Waals surface area contributed by atoms with E-state index in [0.717, 1.165) is 5.69 Å². The molecule has 0 unspecified atom stereocenters. The molecule has 0 saturated carbocycles. The maximum atomic E-state index is 11.1. The minimum absolute atomic E-state index is 0.0561. The molecule has 1 N–H and O–H groups in total. The summed E-state index contributed by atoms with van der Waals surface area (Å²) in [7, 11) is 0. The molecule has 5 nitrogen and oxygen atoms in total. The molecule has 1 aromatic carbocycles. The number of benzene rings is 1. The number of para-hydroxylation sites is 1. The van der Waals surface area contributed by atoms with Gasteiger partial charge in [-0.15, -0.1) is 11.6 Å². The van der Waals surface area contributed by atoms with Crippen molar-refractivity contribution in [2.45, 2.75) is 6.54 Å². The number of aromatic nitrogens is 3. The smallest absolute Gasteiger partial charge is 0.235 e. The maximum absolute atomic E-state index is 11.1. The minimum Gasteiger partial charge on any atom is -0.348 e. The molecular formula is C11H11ClN4O. The summed E-state index contributed by atoms with van der Waals surface area (Å²) >= 11 is 5.39. The van der Waals surface area contributed by atoms with E-state index in [1.807, 2.05) is 30.3 Å². The third-order valence-electron chi connectivity index (χ3n) is 2.18. The minimum atomic E-state index is -0.228. The van der Waals surface area contributed by atoms with Crippen LogP contribution in [-0.2, 0) is 11.3 Å². The molecule has 0 saturated heterocycles. The lowest BCUT2D eigenvalue weighted by Gasteiger charge is -2.06. The van der Waals surface area contributed by atoms with Gasteiger partial charge in [-0.25, -0.2) is 9.67 Å². The Kier molecular flexibility index (Phi) is 3.72. The van der Waals surface area contributed by atoms with Crippen molar-refractivity contribution < 1.29 is 4.79 Å². The van der Waals surface area contributed by atoms with Crippen LogP contribution >= 0.6 is 11.6 Å². The van der Waals surface area contributed by atoms with Crippen molar-refractivity contribution in [3.8, 4) is 5.69 Å². The van der Waals surface area contributed by atoms with Crippen LogP contribution in [0.4, 0.5) is 0 Å². The first-order chi connectivity index (χ1) is 8.31. The normalized spacial score (nSPS) is 10.2. The van der Waals surface area contributed by atoms with Gasteiger partial charge in [-0.1, -0.05) is 18.2 Å². The molecule has 1 aromatic heterocycles. The fourth-order valence-electron chi connectivity index (χ4n) is 1.40. The second kappa shape index (κ2) is 5.45. The van der Waals surface area contributed by atoms with Crippen LogP contribution in [-0.4, -0.2) is 26.6 Å². The largest absolute Gasteiger partial charge is 0.348 e. The van der Waals surface area contributed by atoms with E-state index in [0.29, 0.717) is 12.4 Å². The van der Waals surface area contributed by atoms with Gasteiger partial charge in [-0.3, -0.25) is 4.79 Å². The number of hydrogen-bond donors (Lipinski definition) is 1. The van der Waals surface area contributed by atoms with E-state index < -0.39 is 0 Å². The zero-order valence-corrected chi connectivity index (χ0v) is 9.76. The Labute approximate surface area is 103 Å². The molecule has 88 valence electrons. The van der Waals surface area contributed by atoms with Crippen molar-refractivity contribution >= 4 is 17.5 Å². The fraction of sp³-hybridized carbons (Fsp3) is 0.182. The molecule has 0 atom stereocenters. The Hall–Kier alpha value is -1.88. The van der Waals surface area contributed by atoms with Gasteiger partial charge in [0, 0.05) is 0 Å². The van der Waals surface area contributed by atoms with Gasteiger partial charge in [0.2, 0.25) is 5.91 Å². The molecule has 0 bridgehead atoms. The first kappa shape index (κ1) is 11.6. The zero-order valence-electron chi connectivity index (χ0n) is 9.01. The summed E-state index contributed by atoms with van der Waals surface area (Å²) in [6, 6.07) is 9.59. The lowest BCUT2D eigenvalue weighted by atomic mass is 10.3. The molecule has 0 spiro atoms. The number of carbonyl (C=O) groups excluding carboxylic acids is 1. The van der Waals surface area contributed by atoms with Gasteiger partial charge in [0.05, 0.1) is 12.2 Å². The Morgan fingerprint density at radius 3 is 2.82 bits per heavy atom. The SMILES string of the molecule is O=C(CCl)NCc1ncnn1-c1ccccc1. The van der Waals surface area contributed by atoms with Crippen molar-refractivity contribution in [2.75, 3.05) is 5.88 Å². The van der Waals surface area contributed by atoms with Crippen molar-refractivity contribution in [2.24, 2.45) is 0 Å². The van der Waals surface area contributed by atoms with Crippen LogP contribution in [0.2, 0.25) is 0 Å². The number of alkyl halides is 1. The summed E-state index contributed by atoms with van der Waals surface area (Å²) in [5, 5.41) is 6.76. The quantitative estimate of drug-likeness (QED) is 0.828. The van der Waals surface area contributed by atoms with Crippen LogP contribution in [0.5, 0.6) is 0 Å². The molecule has 0 radical (unpaired) electrons. The van der Waals surface area contributed by atoms with Crippen molar-refractivity contribution in [1.29, 1.82) is 0 Å². The average Bonchev–Trinajstić information content (AvgIpc) is 2.85. The summed E-state index contributed by atoms with van der Waals surface area (Å²) in [5.74, 6) is 0.378. The van der Waals surface area contributed by atoms with Crippen LogP contribution in [0, 0.1) is 0 Å². The number of halogens is 1. The van der Waals surface area contributed by atoms with Crippen molar-refractivity contribution in [3.63, 3.8) is 0 Å². The number of rotatable bonds is 4. The third-order valence-corrected chi connectivity index (χ3v) is 2.43. The number of amides is 1. The highest BCUT2D eigenvalue weighted by molar-refractivity contribution is 6.27. The molecular weight excluding hydrogens is 240 g/mol. The molecule has 0 aliphatic carbocycles. The van der Waals surface area contributed by atoms with Crippen LogP contribution in [0.15, 0.2) is 36.7 Å². The predicted molar refractivity (Wildman–Crippen MR) is 63.9 cm³/mol. The van der Waals surface area contributed by atoms with Crippen LogP contribution in [0.25, 0.3) is 5.69 Å². The van der Waals surface area contributed by atoms with E-state index in [1.165, 1.54) is 6.33 Å². The average molecular weight is 251 g/mol. The van der Waals surface area contributed by atoms with E-state index in [1.54, 1.807) is 4.68 Å². The molecule has 2 aromatic rings. The molecule has 0 fully saturated rings. The molecule has 0 aliphatic heterocycles. The van der Waals surface area contributed by atoms with Crippen molar-refractivity contribution in [1.82, 2.24) is 20.1 Å².